The summed E-state index contributed by atoms with van der Waals surface area (Å²) >= 11 is 7.44. The van der Waals surface area contributed by atoms with Gasteiger partial charge in [-0.25, -0.2) is 4.79 Å². The Morgan fingerprint density at radius 2 is 2.22 bits per heavy atom. The molecule has 1 heterocycles. The Hall–Kier alpha value is -1.24. The molecule has 0 bridgehead atoms. The second kappa shape index (κ2) is 5.60. The van der Waals surface area contributed by atoms with Crippen molar-refractivity contribution in [2.45, 2.75) is 6.04 Å². The lowest BCUT2D eigenvalue weighted by molar-refractivity contribution is -0.117. The van der Waals surface area contributed by atoms with E-state index in [0.29, 0.717) is 11.4 Å². The van der Waals surface area contributed by atoms with E-state index in [-0.39, 0.29) is 22.5 Å². The highest BCUT2D eigenvalue weighted by Gasteiger charge is 2.22. The third kappa shape index (κ3) is 3.16. The molecule has 96 valence electrons. The number of halogens is 1. The van der Waals surface area contributed by atoms with E-state index < -0.39 is 5.97 Å². The molecule has 18 heavy (non-hydrogen) atoms. The number of carbonyl (C=O) groups excluding carboxylic acids is 1. The first kappa shape index (κ1) is 13.2. The van der Waals surface area contributed by atoms with Gasteiger partial charge in [-0.05, 0) is 18.2 Å². The van der Waals surface area contributed by atoms with E-state index in [1.165, 1.54) is 18.2 Å². The summed E-state index contributed by atoms with van der Waals surface area (Å²) in [6.07, 6.45) is 0. The first-order valence-corrected chi connectivity index (χ1v) is 6.75. The Bertz CT molecular complexity index is 489. The van der Waals surface area contributed by atoms with E-state index in [4.69, 9.17) is 16.7 Å². The summed E-state index contributed by atoms with van der Waals surface area (Å²) in [4.78, 5) is 22.7. The van der Waals surface area contributed by atoms with Crippen molar-refractivity contribution in [2.24, 2.45) is 0 Å². The smallest absolute Gasteiger partial charge is 0.335 e. The van der Waals surface area contributed by atoms with Gasteiger partial charge in [0.25, 0.3) is 0 Å². The van der Waals surface area contributed by atoms with Crippen LogP contribution in [0.4, 0.5) is 5.69 Å². The molecule has 0 aromatic heterocycles. The van der Waals surface area contributed by atoms with E-state index in [1.54, 1.807) is 11.8 Å². The Morgan fingerprint density at radius 1 is 1.44 bits per heavy atom. The number of hydrogen-bond acceptors (Lipinski definition) is 4. The topological polar surface area (TPSA) is 78.4 Å². The predicted octanol–water partition coefficient (Wildman–Crippen LogP) is 1.64. The van der Waals surface area contributed by atoms with Crippen molar-refractivity contribution in [2.75, 3.05) is 16.9 Å². The van der Waals surface area contributed by atoms with E-state index in [1.807, 2.05) is 0 Å². The lowest BCUT2D eigenvalue weighted by Gasteiger charge is -2.11. The number of nitrogens with one attached hydrogen (secondary N) is 2. The number of aromatic carboxylic acids is 1. The second-order valence-corrected chi connectivity index (χ2v) is 5.26. The number of amides is 1. The number of rotatable bonds is 3. The quantitative estimate of drug-likeness (QED) is 0.787. The Labute approximate surface area is 113 Å². The minimum Gasteiger partial charge on any atom is -0.478 e. The van der Waals surface area contributed by atoms with Gasteiger partial charge in [-0.3, -0.25) is 10.1 Å². The predicted molar refractivity (Wildman–Crippen MR) is 71.3 cm³/mol. The SMILES string of the molecule is O=C(O)c1cc(Cl)cc(NC(=O)C2CSCN2)c1. The molecule has 1 aliphatic heterocycles. The fourth-order valence-electron chi connectivity index (χ4n) is 1.58. The van der Waals surface area contributed by atoms with Gasteiger partial charge in [-0.2, -0.15) is 0 Å². The Morgan fingerprint density at radius 3 is 2.83 bits per heavy atom. The fraction of sp³-hybridized carbons (Fsp3) is 0.273. The summed E-state index contributed by atoms with van der Waals surface area (Å²) < 4.78 is 0. The van der Waals surface area contributed by atoms with Crippen LogP contribution in [0.5, 0.6) is 0 Å². The van der Waals surface area contributed by atoms with Crippen LogP contribution in [-0.4, -0.2) is 34.7 Å². The van der Waals surface area contributed by atoms with Crippen LogP contribution in [0.25, 0.3) is 0 Å². The molecule has 0 aliphatic carbocycles. The lowest BCUT2D eigenvalue weighted by atomic mass is 10.2. The molecular weight excluding hydrogens is 276 g/mol. The van der Waals surface area contributed by atoms with Gasteiger partial charge in [0.15, 0.2) is 0 Å². The standard InChI is InChI=1S/C11H11ClN2O3S/c12-7-1-6(11(16)17)2-8(3-7)14-10(15)9-4-18-5-13-9/h1-3,9,13H,4-5H2,(H,14,15)(H,16,17). The van der Waals surface area contributed by atoms with Crippen LogP contribution >= 0.6 is 23.4 Å². The van der Waals surface area contributed by atoms with Gasteiger partial charge < -0.3 is 10.4 Å². The normalized spacial score (nSPS) is 18.6. The van der Waals surface area contributed by atoms with Crippen LogP contribution in [0, 0.1) is 0 Å². The van der Waals surface area contributed by atoms with Crippen molar-refractivity contribution in [1.82, 2.24) is 5.32 Å². The molecule has 2 rings (SSSR count). The second-order valence-electron chi connectivity index (χ2n) is 3.79. The lowest BCUT2D eigenvalue weighted by Crippen LogP contribution is -2.37. The number of carbonyl (C=O) groups is 2. The first-order valence-electron chi connectivity index (χ1n) is 5.22. The van der Waals surface area contributed by atoms with Crippen LogP contribution in [0.15, 0.2) is 18.2 Å². The van der Waals surface area contributed by atoms with Crippen molar-refractivity contribution in [3.05, 3.63) is 28.8 Å². The maximum Gasteiger partial charge on any atom is 0.335 e. The highest BCUT2D eigenvalue weighted by molar-refractivity contribution is 7.99. The summed E-state index contributed by atoms with van der Waals surface area (Å²) in [7, 11) is 0. The van der Waals surface area contributed by atoms with Gasteiger partial charge in [0.05, 0.1) is 11.6 Å². The number of thioether (sulfide) groups is 1. The zero-order valence-corrected chi connectivity index (χ0v) is 10.8. The van der Waals surface area contributed by atoms with Gasteiger partial charge in [-0.15, -0.1) is 11.8 Å². The van der Waals surface area contributed by atoms with Gasteiger partial charge in [0.2, 0.25) is 5.91 Å². The highest BCUT2D eigenvalue weighted by Crippen LogP contribution is 2.20. The molecule has 1 fully saturated rings. The molecule has 1 amide bonds. The fourth-order valence-corrected chi connectivity index (χ4v) is 2.76. The van der Waals surface area contributed by atoms with Gasteiger partial charge in [0.1, 0.15) is 0 Å². The van der Waals surface area contributed by atoms with Crippen molar-refractivity contribution in [3.63, 3.8) is 0 Å². The van der Waals surface area contributed by atoms with Gasteiger partial charge in [0, 0.05) is 22.3 Å². The average molecular weight is 287 g/mol. The highest BCUT2D eigenvalue weighted by atomic mass is 35.5. The first-order chi connectivity index (χ1) is 8.56. The van der Waals surface area contributed by atoms with Crippen molar-refractivity contribution < 1.29 is 14.7 Å². The van der Waals surface area contributed by atoms with Crippen LogP contribution in [0.3, 0.4) is 0 Å². The molecule has 0 spiro atoms. The van der Waals surface area contributed by atoms with Crippen LogP contribution in [0.2, 0.25) is 5.02 Å². The molecule has 3 N–H and O–H groups in total. The van der Waals surface area contributed by atoms with Crippen molar-refractivity contribution in [3.8, 4) is 0 Å². The third-order valence-corrected chi connectivity index (χ3v) is 3.60. The Kier molecular flexibility index (Phi) is 4.11. The van der Waals surface area contributed by atoms with Crippen molar-refractivity contribution >= 4 is 40.9 Å². The number of carboxylic acids is 1. The van der Waals surface area contributed by atoms with Crippen LogP contribution < -0.4 is 10.6 Å². The summed E-state index contributed by atoms with van der Waals surface area (Å²) in [6.45, 7) is 0. The molecule has 0 saturated carbocycles. The molecule has 1 aliphatic rings. The maximum absolute atomic E-state index is 11.8. The molecule has 5 nitrogen and oxygen atoms in total. The van der Waals surface area contributed by atoms with E-state index >= 15 is 0 Å². The van der Waals surface area contributed by atoms with Gasteiger partial charge >= 0.3 is 5.97 Å². The monoisotopic (exact) mass is 286 g/mol. The van der Waals surface area contributed by atoms with Gasteiger partial charge in [-0.1, -0.05) is 11.6 Å². The molecule has 1 aromatic carbocycles. The molecule has 1 unspecified atom stereocenters. The molecule has 1 saturated heterocycles. The minimum absolute atomic E-state index is 0.0477. The number of hydrogen-bond donors (Lipinski definition) is 3. The molecule has 1 atom stereocenters. The summed E-state index contributed by atoms with van der Waals surface area (Å²) in [6, 6.07) is 3.99. The number of carboxylic acid groups (broad SMARTS) is 1. The van der Waals surface area contributed by atoms with Crippen LogP contribution in [0.1, 0.15) is 10.4 Å². The molecular formula is C11H11ClN2O3S. The zero-order chi connectivity index (χ0) is 13.1. The summed E-state index contributed by atoms with van der Waals surface area (Å²) in [5.74, 6) is 0.188. The van der Waals surface area contributed by atoms with E-state index in [0.717, 1.165) is 5.88 Å². The maximum atomic E-state index is 11.8. The third-order valence-electron chi connectivity index (χ3n) is 2.45. The molecule has 7 heteroatoms. The Balaban J connectivity index is 2.13. The number of anilines is 1. The average Bonchev–Trinajstić information content (AvgIpc) is 2.81. The molecule has 0 radical (unpaired) electrons. The minimum atomic E-state index is -1.08. The van der Waals surface area contributed by atoms with E-state index in [9.17, 15) is 9.59 Å². The zero-order valence-electron chi connectivity index (χ0n) is 9.27. The van der Waals surface area contributed by atoms with Crippen molar-refractivity contribution in [1.29, 1.82) is 0 Å². The summed E-state index contributed by atoms with van der Waals surface area (Å²) in [5.41, 5.74) is 0.440. The molecule has 1 aromatic rings. The summed E-state index contributed by atoms with van der Waals surface area (Å²) in [5, 5.41) is 14.9. The van der Waals surface area contributed by atoms with Crippen LogP contribution in [-0.2, 0) is 4.79 Å². The largest absolute Gasteiger partial charge is 0.478 e. The number of benzene rings is 1. The van der Waals surface area contributed by atoms with E-state index in [2.05, 4.69) is 10.6 Å².